The van der Waals surface area contributed by atoms with Crippen LogP contribution in [0.5, 0.6) is 0 Å². The number of rotatable bonds is 2. The monoisotopic (exact) mass is 254 g/mol. The van der Waals surface area contributed by atoms with Crippen molar-refractivity contribution in [1.82, 2.24) is 5.43 Å². The molecule has 11 N–H and O–H groups in total. The van der Waals surface area contributed by atoms with Crippen molar-refractivity contribution in [2.45, 2.75) is 24.1 Å². The number of nitrogens with two attached hydrogens (primary N) is 2. The summed E-state index contributed by atoms with van der Waals surface area (Å²) in [6, 6.07) is 0. The summed E-state index contributed by atoms with van der Waals surface area (Å²) in [6.45, 7) is -1.36. The van der Waals surface area contributed by atoms with E-state index in [1.807, 2.05) is 5.43 Å². The van der Waals surface area contributed by atoms with Crippen LogP contribution in [0.1, 0.15) is 0 Å². The molecule has 1 aliphatic heterocycles. The van der Waals surface area contributed by atoms with Crippen LogP contribution in [0.2, 0.25) is 0 Å². The van der Waals surface area contributed by atoms with E-state index in [0.717, 1.165) is 0 Å². The molecule has 17 heavy (non-hydrogen) atoms. The molecule has 102 valence electrons. The number of hydrogen-bond donors (Lipinski definition) is 9. The molecular weight excluding hydrogens is 236 g/mol. The molecule has 4 atom stereocenters. The van der Waals surface area contributed by atoms with Gasteiger partial charge in [0, 0.05) is 0 Å². The van der Waals surface area contributed by atoms with E-state index < -0.39 is 37.3 Å². The highest BCUT2D eigenvalue weighted by Gasteiger charge is 2.52. The zero-order valence-corrected chi connectivity index (χ0v) is 8.95. The third-order valence-corrected chi connectivity index (χ3v) is 2.08. The topological polar surface area (TPSA) is 198 Å². The smallest absolute Gasteiger partial charge is 0.219 e. The lowest BCUT2D eigenvalue weighted by Gasteiger charge is -2.22. The predicted octanol–water partition coefficient (Wildman–Crippen LogP) is -4.88. The van der Waals surface area contributed by atoms with E-state index in [4.69, 9.17) is 25.8 Å². The van der Waals surface area contributed by atoms with Crippen LogP contribution in [-0.2, 0) is 4.74 Å². The number of aliphatic hydroxyl groups is 5. The normalized spacial score (nSPS) is 36.0. The molecule has 0 radical (unpaired) electrons. The van der Waals surface area contributed by atoms with Crippen LogP contribution in [0.15, 0.2) is 0 Å². The Balaban J connectivity index is 0.000000437. The molecule has 10 nitrogen and oxygen atoms in total. The number of hydrogen-bond acceptors (Lipinski definition) is 8. The number of ether oxygens (including phenoxy) is 1. The van der Waals surface area contributed by atoms with Gasteiger partial charge < -0.3 is 36.0 Å². The second kappa shape index (κ2) is 6.66. The Morgan fingerprint density at radius 3 is 2.06 bits per heavy atom. The maximum Gasteiger partial charge on any atom is 0.219 e. The number of guanidine groups is 1. The van der Waals surface area contributed by atoms with Crippen molar-refractivity contribution < 1.29 is 30.3 Å². The second-order valence-electron chi connectivity index (χ2n) is 3.34. The molecule has 1 rings (SSSR count). The zero-order chi connectivity index (χ0) is 13.6. The summed E-state index contributed by atoms with van der Waals surface area (Å²) in [7, 11) is 0. The lowest BCUT2D eigenvalue weighted by atomic mass is 10.1. The van der Waals surface area contributed by atoms with Crippen LogP contribution in [-0.4, -0.2) is 68.8 Å². The maximum absolute atomic E-state index is 9.25. The van der Waals surface area contributed by atoms with Crippen LogP contribution in [0.4, 0.5) is 0 Å². The summed E-state index contributed by atoms with van der Waals surface area (Å²) in [4.78, 5) is 0. The molecule has 0 bridgehead atoms. The molecule has 0 aliphatic carbocycles. The zero-order valence-electron chi connectivity index (χ0n) is 8.95. The van der Waals surface area contributed by atoms with Gasteiger partial charge in [-0.25, -0.2) is 5.84 Å². The minimum atomic E-state index is -2.16. The van der Waals surface area contributed by atoms with Gasteiger partial charge in [0.2, 0.25) is 5.79 Å². The summed E-state index contributed by atoms with van der Waals surface area (Å²) in [6.07, 6.45) is -4.04. The van der Waals surface area contributed by atoms with Crippen molar-refractivity contribution in [3.8, 4) is 0 Å². The van der Waals surface area contributed by atoms with E-state index >= 15 is 0 Å². The van der Waals surface area contributed by atoms with Gasteiger partial charge >= 0.3 is 0 Å². The first-order valence-electron chi connectivity index (χ1n) is 4.61. The number of nitrogens with one attached hydrogen (secondary N) is 2. The molecule has 1 saturated heterocycles. The largest absolute Gasteiger partial charge is 0.394 e. The highest BCUT2D eigenvalue weighted by atomic mass is 16.7. The Hall–Kier alpha value is -1.01. The molecule has 1 aliphatic rings. The molecule has 0 spiro atoms. The minimum absolute atomic E-state index is 0.218. The van der Waals surface area contributed by atoms with Crippen LogP contribution in [0.25, 0.3) is 0 Å². The SMILES string of the molecule is N=C(N)NN.OC[C@H]1O[C@](O)(CO)[C@@H](O)[C@@H]1O. The fourth-order valence-electron chi connectivity index (χ4n) is 1.15. The Kier molecular flexibility index (Phi) is 6.26. The van der Waals surface area contributed by atoms with Gasteiger partial charge in [0.25, 0.3) is 0 Å². The van der Waals surface area contributed by atoms with E-state index in [1.54, 1.807) is 0 Å². The maximum atomic E-state index is 9.25. The van der Waals surface area contributed by atoms with Crippen molar-refractivity contribution in [3.63, 3.8) is 0 Å². The molecule has 10 heteroatoms. The van der Waals surface area contributed by atoms with Crippen LogP contribution >= 0.6 is 0 Å². The van der Waals surface area contributed by atoms with E-state index in [-0.39, 0.29) is 5.96 Å². The third kappa shape index (κ3) is 4.05. The lowest BCUT2D eigenvalue weighted by molar-refractivity contribution is -0.248. The number of aliphatic hydroxyl groups excluding tert-OH is 4. The molecule has 0 aromatic carbocycles. The van der Waals surface area contributed by atoms with E-state index in [0.29, 0.717) is 0 Å². The molecule has 0 unspecified atom stereocenters. The van der Waals surface area contributed by atoms with Gasteiger partial charge in [-0.3, -0.25) is 10.8 Å². The summed E-state index contributed by atoms with van der Waals surface area (Å²) < 4.78 is 4.63. The third-order valence-electron chi connectivity index (χ3n) is 2.08. The van der Waals surface area contributed by atoms with Gasteiger partial charge in [0.1, 0.15) is 18.3 Å². The highest BCUT2D eigenvalue weighted by Crippen LogP contribution is 2.28. The average Bonchev–Trinajstić information content (AvgIpc) is 2.55. The molecule has 1 fully saturated rings. The van der Waals surface area contributed by atoms with Crippen LogP contribution in [0.3, 0.4) is 0 Å². The lowest BCUT2D eigenvalue weighted by Crippen LogP contribution is -2.46. The molecule has 0 aromatic rings. The van der Waals surface area contributed by atoms with Crippen LogP contribution in [0, 0.1) is 5.41 Å². The Morgan fingerprint density at radius 2 is 1.88 bits per heavy atom. The quantitative estimate of drug-likeness (QED) is 0.100. The summed E-state index contributed by atoms with van der Waals surface area (Å²) >= 11 is 0. The van der Waals surface area contributed by atoms with Crippen molar-refractivity contribution in [1.29, 1.82) is 5.41 Å². The summed E-state index contributed by atoms with van der Waals surface area (Å²) in [5.74, 6) is 2.19. The predicted molar refractivity (Wildman–Crippen MR) is 55.2 cm³/mol. The fourth-order valence-corrected chi connectivity index (χ4v) is 1.15. The van der Waals surface area contributed by atoms with Crippen molar-refractivity contribution >= 4 is 5.96 Å². The first kappa shape index (κ1) is 16.0. The molecule has 0 aromatic heterocycles. The molecule has 0 amide bonds. The molecule has 1 heterocycles. The van der Waals surface area contributed by atoms with Gasteiger partial charge in [-0.15, -0.1) is 0 Å². The first-order valence-corrected chi connectivity index (χ1v) is 4.61. The molecular formula is C7H18N4O6. The summed E-state index contributed by atoms with van der Waals surface area (Å²) in [5.41, 5.74) is 6.53. The van der Waals surface area contributed by atoms with E-state index in [9.17, 15) is 5.11 Å². The highest BCUT2D eigenvalue weighted by molar-refractivity contribution is 5.73. The van der Waals surface area contributed by atoms with Gasteiger partial charge in [-0.05, 0) is 0 Å². The summed E-state index contributed by atoms with van der Waals surface area (Å²) in [5, 5.41) is 51.0. The average molecular weight is 254 g/mol. The van der Waals surface area contributed by atoms with Gasteiger partial charge in [-0.1, -0.05) is 0 Å². The fraction of sp³-hybridized carbons (Fsp3) is 0.857. The van der Waals surface area contributed by atoms with Gasteiger partial charge in [-0.2, -0.15) is 0 Å². The first-order chi connectivity index (χ1) is 7.82. The standard InChI is InChI=1S/C6H12O6.CH6N4/c7-1-3-4(9)5(10)6(11,2-8)12-3;2-1(3)5-4/h3-5,7-11H,1-2H2;4H2,(H4,2,3,5)/t3-,4-,5+,6-;/m1./s1. The van der Waals surface area contributed by atoms with Gasteiger partial charge in [0.05, 0.1) is 13.2 Å². The Labute approximate surface area is 96.9 Å². The Morgan fingerprint density at radius 1 is 1.41 bits per heavy atom. The Bertz CT molecular complexity index is 255. The van der Waals surface area contributed by atoms with Crippen molar-refractivity contribution in [2.75, 3.05) is 13.2 Å². The van der Waals surface area contributed by atoms with Crippen molar-refractivity contribution in [2.24, 2.45) is 11.6 Å². The minimum Gasteiger partial charge on any atom is -0.394 e. The van der Waals surface area contributed by atoms with Crippen LogP contribution < -0.4 is 17.0 Å². The van der Waals surface area contributed by atoms with Crippen molar-refractivity contribution in [3.05, 3.63) is 0 Å². The molecule has 0 saturated carbocycles. The number of hydrazine groups is 1. The van der Waals surface area contributed by atoms with Gasteiger partial charge in [0.15, 0.2) is 5.96 Å². The van der Waals surface area contributed by atoms with E-state index in [2.05, 4.69) is 16.3 Å². The van der Waals surface area contributed by atoms with E-state index in [1.165, 1.54) is 0 Å². The second-order valence-corrected chi connectivity index (χ2v) is 3.34.